The third kappa shape index (κ3) is 7.58. The molecule has 0 saturated heterocycles. The van der Waals surface area contributed by atoms with Crippen molar-refractivity contribution >= 4 is 17.9 Å². The Hall–Kier alpha value is -2.10. The number of hydrogen-bond acceptors (Lipinski definition) is 4. The molecule has 0 fully saturated rings. The van der Waals surface area contributed by atoms with Crippen LogP contribution in [0.2, 0.25) is 0 Å². The highest BCUT2D eigenvalue weighted by Gasteiger charge is 2.15. The predicted octanol–water partition coefficient (Wildman–Crippen LogP) is 5.66. The SMILES string of the molecule is CCCCCc1cccc(N2C=C(CC(C)OC(=O)CCCC)N=CC2)c1. The van der Waals surface area contributed by atoms with Gasteiger partial charge in [-0.15, -0.1) is 0 Å². The maximum absolute atomic E-state index is 11.8. The molecular weight excluding hydrogens is 336 g/mol. The lowest BCUT2D eigenvalue weighted by atomic mass is 10.1. The molecule has 4 nitrogen and oxygen atoms in total. The first kappa shape index (κ1) is 21.2. The zero-order chi connectivity index (χ0) is 19.5. The number of nitrogens with zero attached hydrogens (tertiary/aromatic N) is 2. The van der Waals surface area contributed by atoms with Crippen LogP contribution in [-0.4, -0.2) is 24.8 Å². The summed E-state index contributed by atoms with van der Waals surface area (Å²) < 4.78 is 5.50. The van der Waals surface area contributed by atoms with Gasteiger partial charge in [0.05, 0.1) is 12.2 Å². The fourth-order valence-corrected chi connectivity index (χ4v) is 3.21. The maximum atomic E-state index is 11.8. The van der Waals surface area contributed by atoms with Crippen LogP contribution in [-0.2, 0) is 16.0 Å². The Morgan fingerprint density at radius 2 is 2.04 bits per heavy atom. The predicted molar refractivity (Wildman–Crippen MR) is 113 cm³/mol. The second kappa shape index (κ2) is 11.6. The molecule has 0 radical (unpaired) electrons. The van der Waals surface area contributed by atoms with E-state index in [2.05, 4.69) is 54.2 Å². The Labute approximate surface area is 164 Å². The van der Waals surface area contributed by atoms with Crippen molar-refractivity contribution in [3.63, 3.8) is 0 Å². The van der Waals surface area contributed by atoms with Gasteiger partial charge >= 0.3 is 5.97 Å². The van der Waals surface area contributed by atoms with E-state index in [0.717, 1.165) is 31.5 Å². The number of ether oxygens (including phenoxy) is 1. The molecule has 1 atom stereocenters. The van der Waals surface area contributed by atoms with E-state index in [-0.39, 0.29) is 12.1 Å². The highest BCUT2D eigenvalue weighted by Crippen LogP contribution is 2.22. The first-order valence-corrected chi connectivity index (χ1v) is 10.4. The summed E-state index contributed by atoms with van der Waals surface area (Å²) in [6, 6.07) is 8.76. The summed E-state index contributed by atoms with van der Waals surface area (Å²) >= 11 is 0. The molecule has 148 valence electrons. The minimum atomic E-state index is -0.155. The lowest BCUT2D eigenvalue weighted by Crippen LogP contribution is -2.24. The van der Waals surface area contributed by atoms with Gasteiger partial charge in [0.15, 0.2) is 0 Å². The van der Waals surface area contributed by atoms with E-state index in [9.17, 15) is 4.79 Å². The molecule has 0 aromatic heterocycles. The molecule has 1 aromatic rings. The molecule has 1 heterocycles. The van der Waals surface area contributed by atoms with Crippen LogP contribution in [0.1, 0.15) is 71.3 Å². The second-order valence-corrected chi connectivity index (χ2v) is 7.32. The van der Waals surface area contributed by atoms with Crippen LogP contribution in [0.15, 0.2) is 41.2 Å². The number of carbonyl (C=O) groups excluding carboxylic acids is 1. The van der Waals surface area contributed by atoms with Crippen LogP contribution in [0.4, 0.5) is 5.69 Å². The monoisotopic (exact) mass is 370 g/mol. The molecule has 0 N–H and O–H groups in total. The number of hydrogen-bond donors (Lipinski definition) is 0. The van der Waals surface area contributed by atoms with Crippen molar-refractivity contribution in [2.45, 2.75) is 78.2 Å². The first-order chi connectivity index (χ1) is 13.1. The maximum Gasteiger partial charge on any atom is 0.306 e. The van der Waals surface area contributed by atoms with Gasteiger partial charge in [-0.2, -0.15) is 0 Å². The number of aliphatic imine (C=N–C) groups is 1. The number of aryl methyl sites for hydroxylation is 1. The molecule has 0 spiro atoms. The highest BCUT2D eigenvalue weighted by atomic mass is 16.5. The quantitative estimate of drug-likeness (QED) is 0.372. The number of anilines is 1. The van der Waals surface area contributed by atoms with E-state index in [0.29, 0.717) is 12.8 Å². The molecule has 0 saturated carbocycles. The molecule has 0 aliphatic carbocycles. The van der Waals surface area contributed by atoms with Gasteiger partial charge in [-0.05, 0) is 43.9 Å². The van der Waals surface area contributed by atoms with E-state index in [1.165, 1.54) is 30.5 Å². The second-order valence-electron chi connectivity index (χ2n) is 7.32. The molecule has 2 rings (SSSR count). The fourth-order valence-electron chi connectivity index (χ4n) is 3.21. The molecule has 1 aliphatic rings. The van der Waals surface area contributed by atoms with E-state index in [1.807, 2.05) is 13.1 Å². The van der Waals surface area contributed by atoms with Crippen molar-refractivity contribution in [1.29, 1.82) is 0 Å². The van der Waals surface area contributed by atoms with Gasteiger partial charge in [-0.25, -0.2) is 0 Å². The van der Waals surface area contributed by atoms with Crippen molar-refractivity contribution in [3.8, 4) is 0 Å². The number of carbonyl (C=O) groups is 1. The largest absolute Gasteiger partial charge is 0.462 e. The van der Waals surface area contributed by atoms with Gasteiger partial charge < -0.3 is 9.64 Å². The third-order valence-corrected chi connectivity index (χ3v) is 4.72. The summed E-state index contributed by atoms with van der Waals surface area (Å²) in [5, 5.41) is 0. The number of benzene rings is 1. The van der Waals surface area contributed by atoms with Crippen molar-refractivity contribution < 1.29 is 9.53 Å². The standard InChI is InChI=1S/C23H34N2O2/c1-4-6-8-10-20-11-9-12-22(17-20)25-15-14-24-21(18-25)16-19(3)27-23(26)13-7-5-2/h9,11-12,14,17-19H,4-8,10,13,15-16H2,1-3H3. The average molecular weight is 371 g/mol. The van der Waals surface area contributed by atoms with E-state index in [4.69, 9.17) is 4.74 Å². The van der Waals surface area contributed by atoms with Gasteiger partial charge in [0.2, 0.25) is 0 Å². The Balaban J connectivity index is 1.94. The number of esters is 1. The zero-order valence-electron chi connectivity index (χ0n) is 17.1. The third-order valence-electron chi connectivity index (χ3n) is 4.72. The average Bonchev–Trinajstić information content (AvgIpc) is 2.67. The summed E-state index contributed by atoms with van der Waals surface area (Å²) in [5.74, 6) is -0.110. The Morgan fingerprint density at radius 1 is 1.22 bits per heavy atom. The smallest absolute Gasteiger partial charge is 0.306 e. The number of rotatable bonds is 11. The lowest BCUT2D eigenvalue weighted by molar-refractivity contribution is -0.148. The van der Waals surface area contributed by atoms with Crippen LogP contribution in [0.25, 0.3) is 0 Å². The van der Waals surface area contributed by atoms with Crippen LogP contribution < -0.4 is 4.90 Å². The van der Waals surface area contributed by atoms with E-state index >= 15 is 0 Å². The van der Waals surface area contributed by atoms with Crippen molar-refractivity contribution in [3.05, 3.63) is 41.7 Å². The van der Waals surface area contributed by atoms with Crippen LogP contribution in [0.5, 0.6) is 0 Å². The van der Waals surface area contributed by atoms with Gasteiger partial charge in [-0.1, -0.05) is 45.2 Å². The molecule has 1 aliphatic heterocycles. The summed E-state index contributed by atoms with van der Waals surface area (Å²) in [5.41, 5.74) is 3.53. The Kier molecular flexibility index (Phi) is 9.09. The minimum Gasteiger partial charge on any atom is -0.462 e. The van der Waals surface area contributed by atoms with E-state index < -0.39 is 0 Å². The highest BCUT2D eigenvalue weighted by molar-refractivity contribution is 5.71. The number of unbranched alkanes of at least 4 members (excludes halogenated alkanes) is 3. The minimum absolute atomic E-state index is 0.110. The Morgan fingerprint density at radius 3 is 2.81 bits per heavy atom. The van der Waals surface area contributed by atoms with Crippen molar-refractivity contribution in [2.24, 2.45) is 4.99 Å². The van der Waals surface area contributed by atoms with Crippen LogP contribution >= 0.6 is 0 Å². The molecule has 1 aromatic carbocycles. The summed E-state index contributed by atoms with van der Waals surface area (Å²) in [4.78, 5) is 18.5. The first-order valence-electron chi connectivity index (χ1n) is 10.4. The molecular formula is C23H34N2O2. The van der Waals surface area contributed by atoms with Gasteiger partial charge in [0, 0.05) is 30.9 Å². The summed E-state index contributed by atoms with van der Waals surface area (Å²) in [7, 11) is 0. The fraction of sp³-hybridized carbons (Fsp3) is 0.565. The molecule has 0 amide bonds. The van der Waals surface area contributed by atoms with Crippen molar-refractivity contribution in [2.75, 3.05) is 11.4 Å². The topological polar surface area (TPSA) is 41.9 Å². The molecule has 4 heteroatoms. The molecule has 0 bridgehead atoms. The van der Waals surface area contributed by atoms with Crippen molar-refractivity contribution in [1.82, 2.24) is 0 Å². The van der Waals surface area contributed by atoms with Crippen LogP contribution in [0, 0.1) is 0 Å². The zero-order valence-corrected chi connectivity index (χ0v) is 17.1. The summed E-state index contributed by atoms with van der Waals surface area (Å²) in [6.07, 6.45) is 11.8. The summed E-state index contributed by atoms with van der Waals surface area (Å²) in [6.45, 7) is 7.02. The van der Waals surface area contributed by atoms with Gasteiger partial charge in [0.1, 0.15) is 6.10 Å². The van der Waals surface area contributed by atoms with Gasteiger partial charge in [0.25, 0.3) is 0 Å². The normalized spacial score (nSPS) is 14.8. The van der Waals surface area contributed by atoms with E-state index in [1.54, 1.807) is 0 Å². The van der Waals surface area contributed by atoms with Gasteiger partial charge in [-0.3, -0.25) is 9.79 Å². The molecule has 27 heavy (non-hydrogen) atoms. The molecule has 1 unspecified atom stereocenters. The Bertz CT molecular complexity index is 652. The van der Waals surface area contributed by atoms with Crippen LogP contribution in [0.3, 0.4) is 0 Å². The lowest BCUT2D eigenvalue weighted by Gasteiger charge is -2.24.